The molecule has 4 nitrogen and oxygen atoms in total. The highest BCUT2D eigenvalue weighted by Crippen LogP contribution is 2.32. The molecule has 0 saturated carbocycles. The maximum atomic E-state index is 12.2. The van der Waals surface area contributed by atoms with E-state index in [4.69, 9.17) is 4.74 Å². The number of carbonyl (C=O) groups excluding carboxylic acids is 1. The second-order valence-electron chi connectivity index (χ2n) is 4.33. The molecule has 0 radical (unpaired) electrons. The Balaban J connectivity index is 2.58. The molecular weight excluding hydrogens is 242 g/mol. The van der Waals surface area contributed by atoms with Gasteiger partial charge in [0, 0.05) is 11.8 Å². The van der Waals surface area contributed by atoms with Gasteiger partial charge in [-0.1, -0.05) is 24.3 Å². The molecule has 19 heavy (non-hydrogen) atoms. The van der Waals surface area contributed by atoms with Crippen molar-refractivity contribution in [1.82, 2.24) is 4.98 Å². The second-order valence-corrected chi connectivity index (χ2v) is 4.33. The van der Waals surface area contributed by atoms with E-state index < -0.39 is 11.6 Å². The normalized spacial score (nSPS) is 13.8. The number of aliphatic hydroxyl groups is 1. The largest absolute Gasteiger partial charge is 0.463 e. The minimum atomic E-state index is -1.80. The minimum Gasteiger partial charge on any atom is -0.463 e. The van der Waals surface area contributed by atoms with Crippen LogP contribution in [0.5, 0.6) is 0 Å². The first-order chi connectivity index (χ1) is 9.10. The van der Waals surface area contributed by atoms with Crippen molar-refractivity contribution in [2.45, 2.75) is 19.4 Å². The number of nitrogens with one attached hydrogen (secondary N) is 1. The summed E-state index contributed by atoms with van der Waals surface area (Å²) < 4.78 is 5.03. The molecule has 1 aromatic carbocycles. The standard InChI is InChI=1S/C15H17NO3/c1-3-19-14(17)15(18,13-9-6-10-16-13)12-8-5-4-7-11(12)2/h4-10,16,18H,3H2,1-2H3/t15-/m1/s1. The van der Waals surface area contributed by atoms with Crippen molar-refractivity contribution >= 4 is 5.97 Å². The fourth-order valence-corrected chi connectivity index (χ4v) is 2.13. The van der Waals surface area contributed by atoms with Gasteiger partial charge in [-0.05, 0) is 31.5 Å². The Bertz CT molecular complexity index is 563. The zero-order valence-corrected chi connectivity index (χ0v) is 11.0. The van der Waals surface area contributed by atoms with E-state index in [1.165, 1.54) is 0 Å². The van der Waals surface area contributed by atoms with Crippen molar-refractivity contribution in [3.8, 4) is 0 Å². The quantitative estimate of drug-likeness (QED) is 0.827. The molecule has 0 saturated heterocycles. The van der Waals surface area contributed by atoms with Crippen molar-refractivity contribution in [2.24, 2.45) is 0 Å². The van der Waals surface area contributed by atoms with Gasteiger partial charge in [-0.2, -0.15) is 0 Å². The summed E-state index contributed by atoms with van der Waals surface area (Å²) in [4.78, 5) is 15.1. The number of carbonyl (C=O) groups is 1. The summed E-state index contributed by atoms with van der Waals surface area (Å²) in [6.45, 7) is 3.78. The number of aryl methyl sites for hydroxylation is 1. The topological polar surface area (TPSA) is 62.3 Å². The van der Waals surface area contributed by atoms with E-state index in [1.54, 1.807) is 37.4 Å². The fraction of sp³-hybridized carbons (Fsp3) is 0.267. The average Bonchev–Trinajstić information content (AvgIpc) is 2.93. The molecule has 1 atom stereocenters. The molecule has 0 bridgehead atoms. The maximum absolute atomic E-state index is 12.2. The number of aromatic amines is 1. The molecule has 0 unspecified atom stereocenters. The van der Waals surface area contributed by atoms with E-state index in [9.17, 15) is 9.90 Å². The highest BCUT2D eigenvalue weighted by atomic mass is 16.5. The lowest BCUT2D eigenvalue weighted by atomic mass is 9.87. The van der Waals surface area contributed by atoms with Crippen molar-refractivity contribution in [2.75, 3.05) is 6.61 Å². The number of rotatable bonds is 4. The predicted molar refractivity (Wildman–Crippen MR) is 71.6 cm³/mol. The summed E-state index contributed by atoms with van der Waals surface area (Å²) in [6, 6.07) is 10.6. The molecular formula is C15H17NO3. The molecule has 4 heteroatoms. The summed E-state index contributed by atoms with van der Waals surface area (Å²) >= 11 is 0. The molecule has 100 valence electrons. The third-order valence-electron chi connectivity index (χ3n) is 3.09. The van der Waals surface area contributed by atoms with Gasteiger partial charge in [-0.3, -0.25) is 0 Å². The van der Waals surface area contributed by atoms with Crippen LogP contribution in [0.4, 0.5) is 0 Å². The monoisotopic (exact) mass is 259 g/mol. The molecule has 0 aliphatic rings. The van der Waals surface area contributed by atoms with Gasteiger partial charge in [0.15, 0.2) is 0 Å². The molecule has 0 amide bonds. The van der Waals surface area contributed by atoms with E-state index in [0.717, 1.165) is 5.56 Å². The van der Waals surface area contributed by atoms with Gasteiger partial charge in [0.25, 0.3) is 0 Å². The SMILES string of the molecule is CCOC(=O)[C@](O)(c1ccc[nH]1)c1ccccc1C. The number of esters is 1. The molecule has 0 aliphatic heterocycles. The third kappa shape index (κ3) is 2.27. The smallest absolute Gasteiger partial charge is 0.349 e. The summed E-state index contributed by atoms with van der Waals surface area (Å²) in [5.74, 6) is -0.674. The number of ether oxygens (including phenoxy) is 1. The first-order valence-electron chi connectivity index (χ1n) is 6.20. The summed E-state index contributed by atoms with van der Waals surface area (Å²) in [5.41, 5.74) is -0.0472. The first kappa shape index (κ1) is 13.4. The molecule has 2 aromatic rings. The molecule has 0 spiro atoms. The van der Waals surface area contributed by atoms with Crippen molar-refractivity contribution < 1.29 is 14.6 Å². The van der Waals surface area contributed by atoms with E-state index >= 15 is 0 Å². The van der Waals surface area contributed by atoms with Crippen LogP contribution in [-0.4, -0.2) is 22.7 Å². The van der Waals surface area contributed by atoms with Crippen LogP contribution in [0.2, 0.25) is 0 Å². The van der Waals surface area contributed by atoms with Gasteiger partial charge < -0.3 is 14.8 Å². The van der Waals surface area contributed by atoms with E-state index in [1.807, 2.05) is 19.1 Å². The highest BCUT2D eigenvalue weighted by Gasteiger charge is 2.43. The third-order valence-corrected chi connectivity index (χ3v) is 3.09. The lowest BCUT2D eigenvalue weighted by Crippen LogP contribution is -2.39. The molecule has 1 aromatic heterocycles. The van der Waals surface area contributed by atoms with Crippen LogP contribution in [-0.2, 0) is 15.1 Å². The molecule has 0 aliphatic carbocycles. The Morgan fingerprint density at radius 2 is 2.05 bits per heavy atom. The van der Waals surface area contributed by atoms with Crippen LogP contribution in [0, 0.1) is 6.92 Å². The van der Waals surface area contributed by atoms with Gasteiger partial charge >= 0.3 is 5.97 Å². The van der Waals surface area contributed by atoms with Crippen LogP contribution in [0.25, 0.3) is 0 Å². The lowest BCUT2D eigenvalue weighted by molar-refractivity contribution is -0.162. The Hall–Kier alpha value is -2.07. The zero-order valence-electron chi connectivity index (χ0n) is 11.0. The zero-order chi connectivity index (χ0) is 13.9. The number of H-pyrrole nitrogens is 1. The molecule has 2 N–H and O–H groups in total. The van der Waals surface area contributed by atoms with Gasteiger partial charge in [0.2, 0.25) is 5.60 Å². The highest BCUT2D eigenvalue weighted by molar-refractivity contribution is 5.85. The Morgan fingerprint density at radius 1 is 1.32 bits per heavy atom. The predicted octanol–water partition coefficient (Wildman–Crippen LogP) is 2.12. The van der Waals surface area contributed by atoms with Crippen LogP contribution >= 0.6 is 0 Å². The van der Waals surface area contributed by atoms with Gasteiger partial charge in [-0.25, -0.2) is 4.79 Å². The fourth-order valence-electron chi connectivity index (χ4n) is 2.13. The molecule has 0 fully saturated rings. The first-order valence-corrected chi connectivity index (χ1v) is 6.20. The average molecular weight is 259 g/mol. The van der Waals surface area contributed by atoms with E-state index in [2.05, 4.69) is 4.98 Å². The van der Waals surface area contributed by atoms with Crippen molar-refractivity contribution in [1.29, 1.82) is 0 Å². The summed E-state index contributed by atoms with van der Waals surface area (Å²) in [6.07, 6.45) is 1.66. The van der Waals surface area contributed by atoms with Crippen molar-refractivity contribution in [3.05, 3.63) is 59.4 Å². The number of hydrogen-bond donors (Lipinski definition) is 2. The summed E-state index contributed by atoms with van der Waals surface area (Å²) in [5, 5.41) is 10.9. The number of benzene rings is 1. The Labute approximate surface area is 112 Å². The summed E-state index contributed by atoms with van der Waals surface area (Å²) in [7, 11) is 0. The van der Waals surface area contributed by atoms with Gasteiger partial charge in [0.05, 0.1) is 12.3 Å². The molecule has 2 rings (SSSR count). The lowest BCUT2D eigenvalue weighted by Gasteiger charge is -2.26. The van der Waals surface area contributed by atoms with Crippen LogP contribution < -0.4 is 0 Å². The van der Waals surface area contributed by atoms with E-state index in [-0.39, 0.29) is 6.61 Å². The van der Waals surface area contributed by atoms with Crippen LogP contribution in [0.3, 0.4) is 0 Å². The van der Waals surface area contributed by atoms with Gasteiger partial charge in [0.1, 0.15) is 0 Å². The van der Waals surface area contributed by atoms with E-state index in [0.29, 0.717) is 11.3 Å². The van der Waals surface area contributed by atoms with Crippen LogP contribution in [0.15, 0.2) is 42.6 Å². The molecule has 1 heterocycles. The Kier molecular flexibility index (Phi) is 3.71. The Morgan fingerprint density at radius 3 is 2.63 bits per heavy atom. The maximum Gasteiger partial charge on any atom is 0.349 e. The second kappa shape index (κ2) is 5.28. The van der Waals surface area contributed by atoms with Crippen molar-refractivity contribution in [3.63, 3.8) is 0 Å². The number of aromatic nitrogens is 1. The number of hydrogen-bond acceptors (Lipinski definition) is 3. The van der Waals surface area contributed by atoms with Gasteiger partial charge in [-0.15, -0.1) is 0 Å². The minimum absolute atomic E-state index is 0.216. The van der Waals surface area contributed by atoms with Crippen LogP contribution in [0.1, 0.15) is 23.7 Å².